The third-order valence-electron chi connectivity index (χ3n) is 4.95. The van der Waals surface area contributed by atoms with Crippen LogP contribution >= 0.6 is 0 Å². The van der Waals surface area contributed by atoms with E-state index in [0.717, 1.165) is 24.2 Å². The molecule has 21 heavy (non-hydrogen) atoms. The van der Waals surface area contributed by atoms with E-state index in [1.807, 2.05) is 24.3 Å². The van der Waals surface area contributed by atoms with Crippen molar-refractivity contribution >= 4 is 14.3 Å². The first kappa shape index (κ1) is 16.1. The fourth-order valence-corrected chi connectivity index (χ4v) is 3.16. The summed E-state index contributed by atoms with van der Waals surface area (Å²) in [7, 11) is -1.81. The lowest BCUT2D eigenvalue weighted by molar-refractivity contribution is -0.143. The van der Waals surface area contributed by atoms with Crippen molar-refractivity contribution in [3.63, 3.8) is 0 Å². The highest BCUT2D eigenvalue weighted by Gasteiger charge is 2.49. The van der Waals surface area contributed by atoms with E-state index in [4.69, 9.17) is 4.43 Å². The summed E-state index contributed by atoms with van der Waals surface area (Å²) in [5, 5.41) is 9.42. The van der Waals surface area contributed by atoms with Gasteiger partial charge in [-0.1, -0.05) is 32.9 Å². The molecule has 1 N–H and O–H groups in total. The lowest BCUT2D eigenvalue weighted by Crippen LogP contribution is -2.43. The molecule has 0 amide bonds. The van der Waals surface area contributed by atoms with Crippen LogP contribution in [-0.2, 0) is 11.2 Å². The van der Waals surface area contributed by atoms with Gasteiger partial charge in [-0.15, -0.1) is 0 Å². The zero-order chi connectivity index (χ0) is 15.9. The van der Waals surface area contributed by atoms with Gasteiger partial charge >= 0.3 is 5.97 Å². The molecule has 0 saturated heterocycles. The van der Waals surface area contributed by atoms with E-state index in [1.54, 1.807) is 0 Å². The maximum absolute atomic E-state index is 11.2. The number of hydrogen-bond donors (Lipinski definition) is 1. The second-order valence-corrected chi connectivity index (χ2v) is 12.5. The SMILES string of the molecule is CC(C)(C)[Si](C)(C)Oc1ccc(CC2(C(=O)O)CC2)cc1. The van der Waals surface area contributed by atoms with Crippen molar-refractivity contribution in [2.75, 3.05) is 0 Å². The van der Waals surface area contributed by atoms with Crippen LogP contribution in [0.2, 0.25) is 18.1 Å². The average Bonchev–Trinajstić information content (AvgIpc) is 3.11. The van der Waals surface area contributed by atoms with Gasteiger partial charge in [0.25, 0.3) is 0 Å². The molecule has 0 radical (unpaired) electrons. The van der Waals surface area contributed by atoms with Crippen molar-refractivity contribution in [3.8, 4) is 5.75 Å². The number of carbonyl (C=O) groups is 1. The maximum atomic E-state index is 11.2. The number of carboxylic acids is 1. The minimum Gasteiger partial charge on any atom is -0.544 e. The van der Waals surface area contributed by atoms with E-state index in [2.05, 4.69) is 33.9 Å². The fourth-order valence-electron chi connectivity index (χ4n) is 2.13. The smallest absolute Gasteiger partial charge is 0.309 e. The molecule has 0 bridgehead atoms. The number of carboxylic acid groups (broad SMARTS) is 1. The predicted octanol–water partition coefficient (Wildman–Crippen LogP) is 4.48. The van der Waals surface area contributed by atoms with Gasteiger partial charge in [0.15, 0.2) is 0 Å². The molecule has 2 rings (SSSR count). The maximum Gasteiger partial charge on any atom is 0.309 e. The normalized spacial score (nSPS) is 17.4. The molecule has 116 valence electrons. The largest absolute Gasteiger partial charge is 0.544 e. The molecule has 0 aliphatic heterocycles. The Labute approximate surface area is 128 Å². The average molecular weight is 306 g/mol. The van der Waals surface area contributed by atoms with Gasteiger partial charge in [0.1, 0.15) is 5.75 Å². The molecule has 0 spiro atoms. The highest BCUT2D eigenvalue weighted by Crippen LogP contribution is 2.48. The summed E-state index contributed by atoms with van der Waals surface area (Å²) in [5.74, 6) is 0.231. The van der Waals surface area contributed by atoms with Crippen LogP contribution in [0.3, 0.4) is 0 Å². The molecule has 3 nitrogen and oxygen atoms in total. The van der Waals surface area contributed by atoms with Crippen molar-refractivity contribution in [2.45, 2.75) is 58.2 Å². The third-order valence-corrected chi connectivity index (χ3v) is 9.31. The van der Waals surface area contributed by atoms with E-state index >= 15 is 0 Å². The molecule has 0 aromatic heterocycles. The summed E-state index contributed by atoms with van der Waals surface area (Å²) in [6.45, 7) is 11.1. The Hall–Kier alpha value is -1.29. The summed E-state index contributed by atoms with van der Waals surface area (Å²) < 4.78 is 6.24. The van der Waals surface area contributed by atoms with E-state index in [1.165, 1.54) is 0 Å². The van der Waals surface area contributed by atoms with E-state index < -0.39 is 19.7 Å². The monoisotopic (exact) mass is 306 g/mol. The van der Waals surface area contributed by atoms with Crippen LogP contribution in [0.1, 0.15) is 39.2 Å². The summed E-state index contributed by atoms with van der Waals surface area (Å²) in [4.78, 5) is 11.2. The van der Waals surface area contributed by atoms with Crippen LogP contribution in [0.5, 0.6) is 5.75 Å². The first-order valence-corrected chi connectivity index (χ1v) is 10.5. The van der Waals surface area contributed by atoms with Gasteiger partial charge in [0.05, 0.1) is 5.41 Å². The predicted molar refractivity (Wildman–Crippen MR) is 87.3 cm³/mol. The van der Waals surface area contributed by atoms with Crippen molar-refractivity contribution in [1.82, 2.24) is 0 Å². The van der Waals surface area contributed by atoms with Crippen molar-refractivity contribution in [1.29, 1.82) is 0 Å². The van der Waals surface area contributed by atoms with Crippen molar-refractivity contribution in [2.24, 2.45) is 5.41 Å². The topological polar surface area (TPSA) is 46.5 Å². The molecule has 1 aromatic rings. The second kappa shape index (κ2) is 5.16. The van der Waals surface area contributed by atoms with Gasteiger partial charge < -0.3 is 9.53 Å². The minimum absolute atomic E-state index is 0.174. The fraction of sp³-hybridized carbons (Fsp3) is 0.588. The molecule has 0 unspecified atom stereocenters. The Morgan fingerprint density at radius 3 is 2.14 bits per heavy atom. The number of benzene rings is 1. The molecular formula is C17H26O3Si. The van der Waals surface area contributed by atoms with Gasteiger partial charge in [-0.25, -0.2) is 0 Å². The van der Waals surface area contributed by atoms with Gasteiger partial charge in [-0.3, -0.25) is 4.79 Å². The zero-order valence-corrected chi connectivity index (χ0v) is 14.7. The minimum atomic E-state index is -1.81. The first-order valence-electron chi connectivity index (χ1n) is 7.57. The van der Waals surface area contributed by atoms with E-state index in [9.17, 15) is 9.90 Å². The molecular weight excluding hydrogens is 280 g/mol. The molecule has 1 aliphatic rings. The van der Waals surface area contributed by atoms with Crippen LogP contribution < -0.4 is 4.43 Å². The summed E-state index contributed by atoms with van der Waals surface area (Å²) in [5.41, 5.74) is 0.583. The van der Waals surface area contributed by atoms with Gasteiger partial charge in [-0.05, 0) is 55.1 Å². The van der Waals surface area contributed by atoms with Crippen LogP contribution in [0.25, 0.3) is 0 Å². The summed E-state index contributed by atoms with van der Waals surface area (Å²) in [6, 6.07) is 7.97. The molecule has 1 aromatic carbocycles. The second-order valence-electron chi connectivity index (χ2n) is 7.77. The van der Waals surface area contributed by atoms with E-state index in [0.29, 0.717) is 6.42 Å². The first-order chi connectivity index (χ1) is 9.56. The van der Waals surface area contributed by atoms with Crippen LogP contribution in [-0.4, -0.2) is 19.4 Å². The van der Waals surface area contributed by atoms with Crippen LogP contribution in [0.15, 0.2) is 24.3 Å². The summed E-state index contributed by atoms with van der Waals surface area (Å²) >= 11 is 0. The highest BCUT2D eigenvalue weighted by molar-refractivity contribution is 6.74. The van der Waals surface area contributed by atoms with Crippen LogP contribution in [0, 0.1) is 5.41 Å². The molecule has 1 fully saturated rings. The lowest BCUT2D eigenvalue weighted by atomic mass is 9.97. The van der Waals surface area contributed by atoms with Gasteiger partial charge in [0.2, 0.25) is 8.32 Å². The quantitative estimate of drug-likeness (QED) is 0.816. The standard InChI is InChI=1S/C17H26O3Si/c1-16(2,3)21(4,5)20-14-8-6-13(7-9-14)12-17(10-11-17)15(18)19/h6-9H,10-12H2,1-5H3,(H,18,19). The van der Waals surface area contributed by atoms with E-state index in [-0.39, 0.29) is 5.04 Å². The summed E-state index contributed by atoms with van der Waals surface area (Å²) in [6.07, 6.45) is 2.22. The Kier molecular flexibility index (Phi) is 3.95. The number of hydrogen-bond acceptors (Lipinski definition) is 2. The molecule has 0 atom stereocenters. The van der Waals surface area contributed by atoms with Gasteiger partial charge in [-0.2, -0.15) is 0 Å². The van der Waals surface area contributed by atoms with Crippen molar-refractivity contribution in [3.05, 3.63) is 29.8 Å². The van der Waals surface area contributed by atoms with Crippen LogP contribution in [0.4, 0.5) is 0 Å². The molecule has 1 saturated carbocycles. The Morgan fingerprint density at radius 2 is 1.76 bits per heavy atom. The zero-order valence-electron chi connectivity index (χ0n) is 13.7. The molecule has 4 heteroatoms. The molecule has 0 heterocycles. The Bertz CT molecular complexity index is 522. The molecule has 1 aliphatic carbocycles. The number of aliphatic carboxylic acids is 1. The number of rotatable bonds is 5. The Morgan fingerprint density at radius 1 is 1.24 bits per heavy atom. The third kappa shape index (κ3) is 3.49. The lowest BCUT2D eigenvalue weighted by Gasteiger charge is -2.36. The van der Waals surface area contributed by atoms with Gasteiger partial charge in [0, 0.05) is 0 Å². The Balaban J connectivity index is 2.05. The highest BCUT2D eigenvalue weighted by atomic mass is 28.4. The van der Waals surface area contributed by atoms with Crippen molar-refractivity contribution < 1.29 is 14.3 Å².